The van der Waals surface area contributed by atoms with Gasteiger partial charge in [0.2, 0.25) is 11.6 Å². The third-order valence-electron chi connectivity index (χ3n) is 3.72. The van der Waals surface area contributed by atoms with Gasteiger partial charge in [-0.05, 0) is 23.8 Å². The summed E-state index contributed by atoms with van der Waals surface area (Å²) in [6.07, 6.45) is 1.82. The number of hydrogen-bond acceptors (Lipinski definition) is 7. The molecule has 3 aromatic rings. The topological polar surface area (TPSA) is 119 Å². The normalized spacial score (nSPS) is 10.6. The fourth-order valence-corrected chi connectivity index (χ4v) is 2.36. The van der Waals surface area contributed by atoms with Crippen molar-refractivity contribution >= 4 is 17.3 Å². The molecular formula is C17H14N4O4. The van der Waals surface area contributed by atoms with Crippen LogP contribution in [0, 0.1) is 0 Å². The maximum absolute atomic E-state index is 12.1. The second-order valence-electron chi connectivity index (χ2n) is 5.46. The molecule has 0 aliphatic rings. The van der Waals surface area contributed by atoms with Crippen molar-refractivity contribution in [2.45, 2.75) is 19.8 Å². The number of ketones is 3. The van der Waals surface area contributed by atoms with E-state index in [-0.39, 0.29) is 18.0 Å². The second kappa shape index (κ2) is 7.00. The molecule has 0 spiro atoms. The molecule has 0 bridgehead atoms. The van der Waals surface area contributed by atoms with Gasteiger partial charge in [-0.15, -0.1) is 10.2 Å². The Morgan fingerprint density at radius 1 is 1.12 bits per heavy atom. The molecule has 0 atom stereocenters. The molecule has 0 fully saturated rings. The fraction of sp³-hybridized carbons (Fsp3) is 0.176. The lowest BCUT2D eigenvalue weighted by atomic mass is 10.0. The molecule has 0 aliphatic heterocycles. The van der Waals surface area contributed by atoms with Gasteiger partial charge in [0.1, 0.15) is 5.76 Å². The summed E-state index contributed by atoms with van der Waals surface area (Å²) in [6.45, 7) is 1.51. The molecule has 25 heavy (non-hydrogen) atoms. The lowest BCUT2D eigenvalue weighted by Crippen LogP contribution is -2.18. The van der Waals surface area contributed by atoms with Crippen LogP contribution in [0.15, 0.2) is 41.0 Å². The maximum Gasteiger partial charge on any atom is 0.269 e. The summed E-state index contributed by atoms with van der Waals surface area (Å²) in [5, 5.41) is 12.4. The Bertz CT molecular complexity index is 911. The zero-order chi connectivity index (χ0) is 17.8. The van der Waals surface area contributed by atoms with Crippen molar-refractivity contribution < 1.29 is 18.8 Å². The molecule has 1 aromatic carbocycles. The van der Waals surface area contributed by atoms with Crippen molar-refractivity contribution in [1.82, 2.24) is 20.6 Å². The highest BCUT2D eigenvalue weighted by Gasteiger charge is 2.22. The molecule has 0 aliphatic carbocycles. The van der Waals surface area contributed by atoms with Crippen LogP contribution in [-0.2, 0) is 17.6 Å². The number of carbonyl (C=O) groups is 3. The number of nitrogens with one attached hydrogen (secondary N) is 1. The van der Waals surface area contributed by atoms with Crippen molar-refractivity contribution in [3.05, 3.63) is 64.9 Å². The van der Waals surface area contributed by atoms with E-state index in [1.54, 1.807) is 18.2 Å². The van der Waals surface area contributed by atoms with Crippen LogP contribution >= 0.6 is 0 Å². The van der Waals surface area contributed by atoms with E-state index in [0.29, 0.717) is 23.3 Å². The summed E-state index contributed by atoms with van der Waals surface area (Å²) in [6, 6.07) is 8.79. The summed E-state index contributed by atoms with van der Waals surface area (Å²) in [4.78, 5) is 35.3. The number of tetrazole rings is 1. The molecule has 0 saturated heterocycles. The van der Waals surface area contributed by atoms with Gasteiger partial charge < -0.3 is 4.42 Å². The summed E-state index contributed by atoms with van der Waals surface area (Å²) >= 11 is 0. The Morgan fingerprint density at radius 3 is 2.52 bits per heavy atom. The Labute approximate surface area is 142 Å². The van der Waals surface area contributed by atoms with Crippen molar-refractivity contribution in [2.24, 2.45) is 0 Å². The van der Waals surface area contributed by atoms with E-state index >= 15 is 0 Å². The number of carbonyl (C=O) groups excluding carboxylic acids is 3. The summed E-state index contributed by atoms with van der Waals surface area (Å²) in [7, 11) is 0. The number of aromatic nitrogens is 4. The zero-order valence-corrected chi connectivity index (χ0v) is 13.4. The first-order valence-corrected chi connectivity index (χ1v) is 7.50. The van der Waals surface area contributed by atoms with Crippen LogP contribution in [0.3, 0.4) is 0 Å². The third kappa shape index (κ3) is 3.74. The molecule has 2 heterocycles. The molecule has 8 nitrogen and oxygen atoms in total. The molecule has 2 aromatic heterocycles. The van der Waals surface area contributed by atoms with Crippen molar-refractivity contribution in [1.29, 1.82) is 0 Å². The number of H-pyrrole nitrogens is 1. The molecule has 3 rings (SSSR count). The van der Waals surface area contributed by atoms with E-state index in [1.807, 2.05) is 12.1 Å². The summed E-state index contributed by atoms with van der Waals surface area (Å²) in [5.41, 5.74) is 2.18. The van der Waals surface area contributed by atoms with E-state index in [2.05, 4.69) is 20.6 Å². The number of hydrogen-bond donors (Lipinski definition) is 1. The predicted octanol–water partition coefficient (Wildman–Crippen LogP) is 1.58. The molecule has 0 amide bonds. The number of Topliss-reactive ketones (excluding diaryl/α,β-unsaturated/α-hetero) is 3. The van der Waals surface area contributed by atoms with E-state index in [1.165, 1.54) is 13.2 Å². The minimum atomic E-state index is -0.799. The highest BCUT2D eigenvalue weighted by molar-refractivity contribution is 6.43. The lowest BCUT2D eigenvalue weighted by Gasteiger charge is -2.03. The number of aromatic amines is 1. The molecule has 1 N–H and O–H groups in total. The highest BCUT2D eigenvalue weighted by Crippen LogP contribution is 2.18. The second-order valence-corrected chi connectivity index (χ2v) is 5.46. The lowest BCUT2D eigenvalue weighted by molar-refractivity contribution is -0.114. The first-order valence-electron chi connectivity index (χ1n) is 7.50. The van der Waals surface area contributed by atoms with Crippen molar-refractivity contribution in [3.63, 3.8) is 0 Å². The van der Waals surface area contributed by atoms with Crippen LogP contribution in [0.1, 0.15) is 44.8 Å². The van der Waals surface area contributed by atoms with Gasteiger partial charge in [0.05, 0.1) is 6.26 Å². The Hall–Kier alpha value is -3.42. The number of benzene rings is 1. The van der Waals surface area contributed by atoms with Crippen LogP contribution < -0.4 is 0 Å². The van der Waals surface area contributed by atoms with Crippen LogP contribution in [0.4, 0.5) is 0 Å². The van der Waals surface area contributed by atoms with Crippen molar-refractivity contribution in [2.75, 3.05) is 0 Å². The van der Waals surface area contributed by atoms with E-state index in [4.69, 9.17) is 4.42 Å². The van der Waals surface area contributed by atoms with Gasteiger partial charge in [-0.1, -0.05) is 24.3 Å². The highest BCUT2D eigenvalue weighted by atomic mass is 16.3. The van der Waals surface area contributed by atoms with Gasteiger partial charge in [-0.2, -0.15) is 5.21 Å². The SMILES string of the molecule is CC(=O)c1ccc(Cc2occc2CC(=O)C(=O)c2nn[nH]n2)cc1. The van der Waals surface area contributed by atoms with Gasteiger partial charge in [-0.3, -0.25) is 14.4 Å². The molecule has 0 unspecified atom stereocenters. The van der Waals surface area contributed by atoms with Gasteiger partial charge in [-0.25, -0.2) is 0 Å². The smallest absolute Gasteiger partial charge is 0.269 e. The minimum absolute atomic E-state index is 0.00388. The van der Waals surface area contributed by atoms with Crippen LogP contribution in [0.5, 0.6) is 0 Å². The number of furan rings is 1. The maximum atomic E-state index is 12.1. The number of nitrogens with zero attached hydrogens (tertiary/aromatic N) is 3. The minimum Gasteiger partial charge on any atom is -0.469 e. The summed E-state index contributed by atoms with van der Waals surface area (Å²) < 4.78 is 5.44. The van der Waals surface area contributed by atoms with E-state index in [9.17, 15) is 14.4 Å². The van der Waals surface area contributed by atoms with Gasteiger partial charge >= 0.3 is 0 Å². The third-order valence-corrected chi connectivity index (χ3v) is 3.72. The molecular weight excluding hydrogens is 324 g/mol. The fourth-order valence-electron chi connectivity index (χ4n) is 2.36. The molecule has 8 heteroatoms. The Morgan fingerprint density at radius 2 is 1.88 bits per heavy atom. The Balaban J connectivity index is 1.71. The monoisotopic (exact) mass is 338 g/mol. The molecule has 0 saturated carbocycles. The van der Waals surface area contributed by atoms with Crippen molar-refractivity contribution in [3.8, 4) is 0 Å². The van der Waals surface area contributed by atoms with Crippen LogP contribution in [0.25, 0.3) is 0 Å². The predicted molar refractivity (Wildman–Crippen MR) is 85.2 cm³/mol. The van der Waals surface area contributed by atoms with Crippen LogP contribution in [-0.4, -0.2) is 38.0 Å². The van der Waals surface area contributed by atoms with Gasteiger partial charge in [0, 0.05) is 24.0 Å². The van der Waals surface area contributed by atoms with Crippen LogP contribution in [0.2, 0.25) is 0 Å². The average Bonchev–Trinajstić information content (AvgIpc) is 3.27. The van der Waals surface area contributed by atoms with Gasteiger partial charge in [0.25, 0.3) is 5.78 Å². The summed E-state index contributed by atoms with van der Waals surface area (Å²) in [5.74, 6) is -1.11. The quantitative estimate of drug-likeness (QED) is 0.513. The molecule has 0 radical (unpaired) electrons. The standard InChI is InChI=1S/C17H14N4O4/c1-10(22)12-4-2-11(3-5-12)8-15-13(6-7-25-15)9-14(23)16(24)17-18-20-21-19-17/h2-7H,8-9H2,1H3,(H,18,19,20,21). The van der Waals surface area contributed by atoms with E-state index < -0.39 is 11.6 Å². The first kappa shape index (κ1) is 16.4. The zero-order valence-electron chi connectivity index (χ0n) is 13.4. The Kier molecular flexibility index (Phi) is 4.60. The average molecular weight is 338 g/mol. The molecule has 126 valence electrons. The number of rotatable bonds is 7. The van der Waals surface area contributed by atoms with Gasteiger partial charge in [0.15, 0.2) is 5.78 Å². The first-order chi connectivity index (χ1) is 12.0. The van der Waals surface area contributed by atoms with E-state index in [0.717, 1.165) is 5.56 Å². The largest absolute Gasteiger partial charge is 0.469 e.